The average Bonchev–Trinajstić information content (AvgIpc) is 3.46. The van der Waals surface area contributed by atoms with Crippen LogP contribution in [0.5, 0.6) is 0 Å². The molecule has 0 bridgehead atoms. The maximum atomic E-state index is 12.9. The summed E-state index contributed by atoms with van der Waals surface area (Å²) in [6.07, 6.45) is 5.15. The van der Waals surface area contributed by atoms with Gasteiger partial charge in [0.1, 0.15) is 11.0 Å². The zero-order valence-electron chi connectivity index (χ0n) is 15.4. The lowest BCUT2D eigenvalue weighted by atomic mass is 10.1. The summed E-state index contributed by atoms with van der Waals surface area (Å²) in [6.45, 7) is 0.732. The third-order valence-corrected chi connectivity index (χ3v) is 6.28. The molecule has 3 aromatic rings. The predicted molar refractivity (Wildman–Crippen MR) is 110 cm³/mol. The predicted octanol–water partition coefficient (Wildman–Crippen LogP) is 4.02. The van der Waals surface area contributed by atoms with Gasteiger partial charge in [-0.2, -0.15) is 8.75 Å². The molecule has 1 aliphatic heterocycles. The van der Waals surface area contributed by atoms with Gasteiger partial charge in [0, 0.05) is 29.4 Å². The number of nitrogens with zero attached hydrogens (tertiary/aromatic N) is 3. The van der Waals surface area contributed by atoms with Crippen LogP contribution in [-0.4, -0.2) is 27.1 Å². The van der Waals surface area contributed by atoms with Crippen molar-refractivity contribution < 1.29 is 9.59 Å². The summed E-state index contributed by atoms with van der Waals surface area (Å²) in [6, 6.07) is 11.2. The smallest absolute Gasteiger partial charge is 0.255 e. The Kier molecular flexibility index (Phi) is 4.31. The fourth-order valence-corrected chi connectivity index (χ4v) is 4.72. The number of hydrogen-bond acceptors (Lipinski definition) is 5. The maximum absolute atomic E-state index is 12.9. The van der Waals surface area contributed by atoms with E-state index in [9.17, 15) is 9.59 Å². The van der Waals surface area contributed by atoms with Crippen molar-refractivity contribution in [1.82, 2.24) is 8.75 Å². The quantitative estimate of drug-likeness (QED) is 0.730. The van der Waals surface area contributed by atoms with Gasteiger partial charge >= 0.3 is 0 Å². The summed E-state index contributed by atoms with van der Waals surface area (Å²) < 4.78 is 8.35. The van der Waals surface area contributed by atoms with Gasteiger partial charge in [-0.1, -0.05) is 18.9 Å². The molecule has 0 atom stereocenters. The standard InChI is InChI=1S/C21H20N4O2S/c26-20(15-6-8-17-18(11-15)24-28-23-17)22-16-7-5-13-9-10-25(19(13)12-16)21(27)14-3-1-2-4-14/h5-8,11-12,14H,1-4,9-10H2,(H,22,26). The molecule has 1 saturated carbocycles. The lowest BCUT2D eigenvalue weighted by Crippen LogP contribution is -2.33. The van der Waals surface area contributed by atoms with Crippen LogP contribution >= 0.6 is 11.7 Å². The second-order valence-corrected chi connectivity index (χ2v) is 8.02. The van der Waals surface area contributed by atoms with E-state index in [0.717, 1.165) is 67.1 Å². The van der Waals surface area contributed by atoms with E-state index in [1.54, 1.807) is 18.2 Å². The largest absolute Gasteiger partial charge is 0.322 e. The van der Waals surface area contributed by atoms with Crippen LogP contribution in [0, 0.1) is 5.92 Å². The maximum Gasteiger partial charge on any atom is 0.255 e. The number of fused-ring (bicyclic) bond motifs is 2. The van der Waals surface area contributed by atoms with Gasteiger partial charge in [-0.15, -0.1) is 0 Å². The molecule has 6 nitrogen and oxygen atoms in total. The Morgan fingerprint density at radius 3 is 2.71 bits per heavy atom. The highest BCUT2D eigenvalue weighted by Crippen LogP contribution is 2.35. The van der Waals surface area contributed by atoms with E-state index in [0.29, 0.717) is 11.3 Å². The molecule has 0 saturated heterocycles. The highest BCUT2D eigenvalue weighted by Gasteiger charge is 2.32. The van der Waals surface area contributed by atoms with Crippen LogP contribution < -0.4 is 10.2 Å². The molecule has 2 heterocycles. The molecule has 5 rings (SSSR count). The van der Waals surface area contributed by atoms with Gasteiger partial charge in [0.15, 0.2) is 0 Å². The molecule has 1 aliphatic carbocycles. The minimum absolute atomic E-state index is 0.155. The zero-order chi connectivity index (χ0) is 19.1. The first-order valence-electron chi connectivity index (χ1n) is 9.67. The third kappa shape index (κ3) is 3.05. The Bertz CT molecular complexity index is 1070. The Morgan fingerprint density at radius 1 is 1.04 bits per heavy atom. The molecular formula is C21H20N4O2S. The molecule has 0 spiro atoms. The van der Waals surface area contributed by atoms with Crippen molar-refractivity contribution in [3.63, 3.8) is 0 Å². The second-order valence-electron chi connectivity index (χ2n) is 7.49. The Morgan fingerprint density at radius 2 is 1.86 bits per heavy atom. The summed E-state index contributed by atoms with van der Waals surface area (Å²) >= 11 is 1.13. The summed E-state index contributed by atoms with van der Waals surface area (Å²) in [5, 5.41) is 2.95. The van der Waals surface area contributed by atoms with Crippen molar-refractivity contribution >= 4 is 46.0 Å². The number of amides is 2. The van der Waals surface area contributed by atoms with E-state index in [-0.39, 0.29) is 17.7 Å². The molecule has 142 valence electrons. The molecule has 1 aromatic heterocycles. The average molecular weight is 392 g/mol. The van der Waals surface area contributed by atoms with Crippen molar-refractivity contribution in [2.45, 2.75) is 32.1 Å². The first-order chi connectivity index (χ1) is 13.7. The van der Waals surface area contributed by atoms with Crippen molar-refractivity contribution in [1.29, 1.82) is 0 Å². The van der Waals surface area contributed by atoms with Crippen LogP contribution in [0.15, 0.2) is 36.4 Å². The number of hydrogen-bond donors (Lipinski definition) is 1. The van der Waals surface area contributed by atoms with Gasteiger partial charge in [0.25, 0.3) is 5.91 Å². The summed E-state index contributed by atoms with van der Waals surface area (Å²) in [4.78, 5) is 27.5. The zero-order valence-corrected chi connectivity index (χ0v) is 16.2. The highest BCUT2D eigenvalue weighted by molar-refractivity contribution is 7.00. The van der Waals surface area contributed by atoms with Gasteiger partial charge in [-0.05, 0) is 55.2 Å². The molecule has 2 amide bonds. The van der Waals surface area contributed by atoms with Crippen LogP contribution in [-0.2, 0) is 11.2 Å². The van der Waals surface area contributed by atoms with Gasteiger partial charge in [-0.25, -0.2) is 0 Å². The fourth-order valence-electron chi connectivity index (χ4n) is 4.21. The number of anilines is 2. The van der Waals surface area contributed by atoms with E-state index in [2.05, 4.69) is 14.1 Å². The number of nitrogens with one attached hydrogen (secondary N) is 1. The highest BCUT2D eigenvalue weighted by atomic mass is 32.1. The number of rotatable bonds is 3. The van der Waals surface area contributed by atoms with E-state index in [1.165, 1.54) is 5.56 Å². The minimum atomic E-state index is -0.193. The topological polar surface area (TPSA) is 75.2 Å². The number of benzene rings is 2. The molecule has 1 N–H and O–H groups in total. The molecule has 0 unspecified atom stereocenters. The Hall–Kier alpha value is -2.80. The van der Waals surface area contributed by atoms with Crippen LogP contribution in [0.1, 0.15) is 41.6 Å². The molecular weight excluding hydrogens is 372 g/mol. The summed E-state index contributed by atoms with van der Waals surface area (Å²) in [5.74, 6) is 0.199. The first-order valence-corrected chi connectivity index (χ1v) is 10.4. The van der Waals surface area contributed by atoms with Crippen molar-refractivity contribution in [3.8, 4) is 0 Å². The van der Waals surface area contributed by atoms with E-state index < -0.39 is 0 Å². The van der Waals surface area contributed by atoms with Crippen LogP contribution in [0.2, 0.25) is 0 Å². The first kappa shape index (κ1) is 17.3. The van der Waals surface area contributed by atoms with Crippen LogP contribution in [0.4, 0.5) is 11.4 Å². The monoisotopic (exact) mass is 392 g/mol. The number of carbonyl (C=O) groups excluding carboxylic acids is 2. The van der Waals surface area contributed by atoms with Crippen LogP contribution in [0.3, 0.4) is 0 Å². The van der Waals surface area contributed by atoms with Crippen molar-refractivity contribution in [2.24, 2.45) is 5.92 Å². The number of aromatic nitrogens is 2. The second kappa shape index (κ2) is 6.98. The molecule has 2 aliphatic rings. The SMILES string of the molecule is O=C(Nc1ccc2c(c1)N(C(=O)C1CCCC1)CC2)c1ccc2nsnc2c1. The van der Waals surface area contributed by atoms with Gasteiger partial charge in [0.2, 0.25) is 5.91 Å². The Labute approximate surface area is 166 Å². The number of carbonyl (C=O) groups is 2. The lowest BCUT2D eigenvalue weighted by molar-refractivity contribution is -0.122. The molecule has 28 heavy (non-hydrogen) atoms. The Balaban J connectivity index is 1.37. The van der Waals surface area contributed by atoms with Gasteiger partial charge < -0.3 is 10.2 Å². The molecule has 1 fully saturated rings. The summed E-state index contributed by atoms with van der Waals surface area (Å²) in [7, 11) is 0. The fraction of sp³-hybridized carbons (Fsp3) is 0.333. The van der Waals surface area contributed by atoms with Crippen molar-refractivity contribution in [3.05, 3.63) is 47.5 Å². The normalized spacial score (nSPS) is 16.5. The molecule has 7 heteroatoms. The van der Waals surface area contributed by atoms with Gasteiger partial charge in [0.05, 0.1) is 11.7 Å². The van der Waals surface area contributed by atoms with Gasteiger partial charge in [-0.3, -0.25) is 9.59 Å². The van der Waals surface area contributed by atoms with Crippen LogP contribution in [0.25, 0.3) is 11.0 Å². The van der Waals surface area contributed by atoms with E-state index in [4.69, 9.17) is 0 Å². The summed E-state index contributed by atoms with van der Waals surface area (Å²) in [5.41, 5.74) is 4.86. The van der Waals surface area contributed by atoms with E-state index >= 15 is 0 Å². The minimum Gasteiger partial charge on any atom is -0.322 e. The van der Waals surface area contributed by atoms with E-state index in [1.807, 2.05) is 23.1 Å². The lowest BCUT2D eigenvalue weighted by Gasteiger charge is -2.21. The van der Waals surface area contributed by atoms with Crippen molar-refractivity contribution in [2.75, 3.05) is 16.8 Å². The molecule has 0 radical (unpaired) electrons. The molecule has 2 aromatic carbocycles. The third-order valence-electron chi connectivity index (χ3n) is 5.73.